The molecule has 0 aliphatic carbocycles. The van der Waals surface area contributed by atoms with Crippen LogP contribution in [0.3, 0.4) is 0 Å². The van der Waals surface area contributed by atoms with Crippen molar-refractivity contribution in [3.63, 3.8) is 0 Å². The molecule has 3 amide bonds. The molecule has 0 aliphatic heterocycles. The summed E-state index contributed by atoms with van der Waals surface area (Å²) in [7, 11) is 12.5. The number of carboxylic acid groups (broad SMARTS) is 3. The lowest BCUT2D eigenvalue weighted by atomic mass is 10.1. The number of ether oxygens (including phenoxy) is 1. The zero-order valence-corrected chi connectivity index (χ0v) is 58.2. The smallest absolute Gasteiger partial charge is 0.308 e. The summed E-state index contributed by atoms with van der Waals surface area (Å²) in [6.45, 7) is 3.79. The number of carboxylic acids is 3. The van der Waals surface area contributed by atoms with E-state index >= 15 is 0 Å². The van der Waals surface area contributed by atoms with Crippen molar-refractivity contribution in [3.8, 4) is 0 Å². The van der Waals surface area contributed by atoms with Gasteiger partial charge in [0.2, 0.25) is 5.91 Å². The lowest BCUT2D eigenvalue weighted by Gasteiger charge is -2.19. The summed E-state index contributed by atoms with van der Waals surface area (Å²) in [5.41, 5.74) is 10.5. The number of amides is 3. The van der Waals surface area contributed by atoms with Crippen LogP contribution in [0.15, 0.2) is 170 Å². The Morgan fingerprint density at radius 2 is 0.850 bits per heavy atom. The lowest BCUT2D eigenvalue weighted by molar-refractivity contribution is -0.137. The molecule has 514 valence electrons. The number of fused-ring (bicyclic) bond motifs is 1. The summed E-state index contributed by atoms with van der Waals surface area (Å²) < 4.78 is 5.26. The van der Waals surface area contributed by atoms with Crippen molar-refractivity contribution in [1.29, 1.82) is 0 Å². The van der Waals surface area contributed by atoms with E-state index in [-0.39, 0.29) is 43.6 Å². The second-order valence-electron chi connectivity index (χ2n) is 23.7. The summed E-state index contributed by atoms with van der Waals surface area (Å²) >= 11 is 11.9. The highest BCUT2D eigenvalue weighted by Gasteiger charge is 2.22. The molecule has 22 nitrogen and oxygen atoms in total. The number of hydrogen-bond acceptors (Lipinski definition) is 16. The number of benzene rings is 7. The molecule has 0 bridgehead atoms. The molecular formula is C76H76Cl2N12O10. The zero-order chi connectivity index (χ0) is 72.2. The Hall–Kier alpha value is -11.5. The van der Waals surface area contributed by atoms with Crippen LogP contribution in [0.1, 0.15) is 94.2 Å². The number of nitrogens with zero attached hydrogens (tertiary/aromatic N) is 9. The predicted molar refractivity (Wildman–Crippen MR) is 391 cm³/mol. The number of hydrogen-bond donors (Lipinski definition) is 6. The highest BCUT2D eigenvalue weighted by atomic mass is 35.5. The molecule has 0 saturated carbocycles. The van der Waals surface area contributed by atoms with Crippen molar-refractivity contribution in [1.82, 2.24) is 29.9 Å². The van der Waals surface area contributed by atoms with Crippen LogP contribution in [0, 0.1) is 13.8 Å². The van der Waals surface area contributed by atoms with Gasteiger partial charge in [-0.15, -0.1) is 0 Å². The van der Waals surface area contributed by atoms with Gasteiger partial charge in [-0.3, -0.25) is 28.8 Å². The van der Waals surface area contributed by atoms with Crippen LogP contribution < -0.4 is 30.7 Å². The monoisotopic (exact) mass is 1390 g/mol. The van der Waals surface area contributed by atoms with Gasteiger partial charge in [0.25, 0.3) is 11.8 Å². The molecule has 3 aromatic heterocycles. The van der Waals surface area contributed by atoms with Crippen LogP contribution in [0.5, 0.6) is 0 Å². The van der Waals surface area contributed by atoms with E-state index < -0.39 is 17.9 Å². The van der Waals surface area contributed by atoms with Gasteiger partial charge in [-0.25, -0.2) is 29.9 Å². The van der Waals surface area contributed by atoms with Crippen LogP contribution in [0.2, 0.25) is 10.0 Å². The summed E-state index contributed by atoms with van der Waals surface area (Å²) in [4.78, 5) is 104. The first kappa shape index (κ1) is 74.3. The lowest BCUT2D eigenvalue weighted by Crippen LogP contribution is -2.20. The third-order valence-corrected chi connectivity index (χ3v) is 16.0. The molecule has 7 aromatic carbocycles. The maximum atomic E-state index is 12.8. The molecule has 0 unspecified atom stereocenters. The van der Waals surface area contributed by atoms with Crippen LogP contribution >= 0.6 is 23.2 Å². The Labute approximate surface area is 589 Å². The number of carbonyl (C=O) groups excluding carboxylic acids is 3. The summed E-state index contributed by atoms with van der Waals surface area (Å²) in [6.07, 6.45) is 4.25. The number of rotatable bonds is 24. The normalized spacial score (nSPS) is 10.8. The minimum atomic E-state index is -0.951. The number of methoxy groups -OCH3 is 1. The standard InChI is InChI=1S/C28H28N4O4.C25H26N4O3.C23H22Cl2N4O3/c1-32(2)27-23(16-26(33)34)24(17-36-3)30-25(31-27)14-18-8-12-22(13-9-18)29-28(35)21-11-10-19-6-4-5-7-20(19)15-21;1-17-21(16-24(31)32)25(29(2)3)28-22(26-17)15-19-9-12-20(13-10-19)27-23(30)14-11-18-7-5-4-6-8-18;1-13-17(12-21(30)31)22(29(2)3)28-20(26-13)10-14-4-7-16(8-5-14)27-23(32)15-6-9-18(24)19(25)11-15/h4-13,15H,14,16-17H2,1-3H3,(H,29,35)(H,33,34);4-14H,15-16H2,1-3H3,(H,27,30)(H,31,32);4-9,11H,10,12H2,1-3H3,(H,27,32)(H,30,31)/b;14-11+;. The highest BCUT2D eigenvalue weighted by Crippen LogP contribution is 2.28. The van der Waals surface area contributed by atoms with Gasteiger partial charge in [0.05, 0.1) is 41.6 Å². The molecule has 24 heteroatoms. The molecule has 0 radical (unpaired) electrons. The number of carbonyl (C=O) groups is 6. The molecule has 0 atom stereocenters. The van der Waals surface area contributed by atoms with E-state index in [2.05, 4.69) is 45.9 Å². The number of aliphatic carboxylic acids is 3. The van der Waals surface area contributed by atoms with Gasteiger partial charge in [-0.1, -0.05) is 120 Å². The Morgan fingerprint density at radius 1 is 0.450 bits per heavy atom. The molecule has 0 fully saturated rings. The minimum Gasteiger partial charge on any atom is -0.481 e. The van der Waals surface area contributed by atoms with E-state index in [4.69, 9.17) is 27.9 Å². The van der Waals surface area contributed by atoms with E-state index in [9.17, 15) is 44.1 Å². The number of halogens is 2. The summed E-state index contributed by atoms with van der Waals surface area (Å²) in [5.74, 6) is 0.0839. The van der Waals surface area contributed by atoms with Gasteiger partial charge in [0.15, 0.2) is 0 Å². The predicted octanol–water partition coefficient (Wildman–Crippen LogP) is 12.7. The van der Waals surface area contributed by atoms with Gasteiger partial charge in [0, 0.05) is 131 Å². The molecule has 0 saturated heterocycles. The SMILES string of the molecule is COCc1nc(Cc2ccc(NC(=O)c3ccc4ccccc4c3)cc2)nc(N(C)C)c1CC(=O)O.Cc1nc(Cc2ccc(NC(=O)/C=C/c3ccccc3)cc2)nc(N(C)C)c1CC(=O)O.Cc1nc(Cc2ccc(NC(=O)c3ccc(Cl)c(Cl)c3)cc2)nc(N(C)C)c1CC(=O)O. The van der Waals surface area contributed by atoms with Crippen molar-refractivity contribution in [3.05, 3.63) is 265 Å². The van der Waals surface area contributed by atoms with E-state index in [1.165, 1.54) is 12.1 Å². The average molecular weight is 1390 g/mol. The fourth-order valence-electron chi connectivity index (χ4n) is 10.5. The van der Waals surface area contributed by atoms with E-state index in [0.29, 0.717) is 126 Å². The number of aryl methyl sites for hydroxylation is 2. The molecule has 0 spiro atoms. The minimum absolute atomic E-state index is 0.118. The van der Waals surface area contributed by atoms with Gasteiger partial charge < -0.3 is 50.7 Å². The van der Waals surface area contributed by atoms with Gasteiger partial charge in [-0.05, 0) is 120 Å². The van der Waals surface area contributed by atoms with Gasteiger partial charge in [-0.2, -0.15) is 0 Å². The molecule has 100 heavy (non-hydrogen) atoms. The maximum absolute atomic E-state index is 12.8. The first-order valence-corrected chi connectivity index (χ1v) is 32.2. The highest BCUT2D eigenvalue weighted by molar-refractivity contribution is 6.42. The Kier molecular flexibility index (Phi) is 26.1. The topological polar surface area (TPSA) is 295 Å². The maximum Gasteiger partial charge on any atom is 0.308 e. The van der Waals surface area contributed by atoms with Crippen LogP contribution in [-0.4, -0.2) is 130 Å². The molecule has 3 heterocycles. The van der Waals surface area contributed by atoms with Crippen LogP contribution in [0.4, 0.5) is 34.5 Å². The molecular weight excluding hydrogens is 1310 g/mol. The van der Waals surface area contributed by atoms with Crippen molar-refractivity contribution in [2.24, 2.45) is 0 Å². The average Bonchev–Trinajstić information content (AvgIpc) is 0.819. The second kappa shape index (κ2) is 35.2. The third-order valence-electron chi connectivity index (χ3n) is 15.3. The first-order valence-electron chi connectivity index (χ1n) is 31.4. The second-order valence-corrected chi connectivity index (χ2v) is 24.5. The number of aromatic nitrogens is 6. The fraction of sp³-hybridized carbons (Fsp3) is 0.211. The van der Waals surface area contributed by atoms with Crippen molar-refractivity contribution in [2.75, 3.05) is 80.0 Å². The van der Waals surface area contributed by atoms with E-state index in [0.717, 1.165) is 33.0 Å². The summed E-state index contributed by atoms with van der Waals surface area (Å²) in [5, 5.41) is 39.1. The van der Waals surface area contributed by atoms with Crippen molar-refractivity contribution >= 4 is 110 Å². The van der Waals surface area contributed by atoms with E-state index in [1.54, 1.807) is 66.0 Å². The molecule has 10 rings (SSSR count). The zero-order valence-electron chi connectivity index (χ0n) is 56.7. The third kappa shape index (κ3) is 21.5. The van der Waals surface area contributed by atoms with Crippen molar-refractivity contribution < 1.29 is 48.8 Å². The Bertz CT molecular complexity index is 4610. The Morgan fingerprint density at radius 3 is 1.29 bits per heavy atom. The number of nitrogens with one attached hydrogen (secondary N) is 3. The largest absolute Gasteiger partial charge is 0.481 e. The van der Waals surface area contributed by atoms with E-state index in [1.807, 2.05) is 176 Å². The molecule has 6 N–H and O–H groups in total. The van der Waals surface area contributed by atoms with Crippen molar-refractivity contribution in [2.45, 2.75) is 59.0 Å². The van der Waals surface area contributed by atoms with Crippen LogP contribution in [-0.2, 0) is 69.0 Å². The van der Waals surface area contributed by atoms with Crippen LogP contribution in [0.25, 0.3) is 16.8 Å². The Balaban J connectivity index is 0.000000191. The molecule has 10 aromatic rings. The fourth-order valence-corrected chi connectivity index (χ4v) is 10.8. The van der Waals surface area contributed by atoms with Gasteiger partial charge in [0.1, 0.15) is 34.9 Å². The molecule has 0 aliphatic rings. The summed E-state index contributed by atoms with van der Waals surface area (Å²) in [6, 6.07) is 50.2. The number of anilines is 6. The quantitative estimate of drug-likeness (QED) is 0.0306. The first-order chi connectivity index (χ1) is 47.8. The van der Waals surface area contributed by atoms with Gasteiger partial charge >= 0.3 is 17.9 Å².